The third kappa shape index (κ3) is 5.63. The fourth-order valence-corrected chi connectivity index (χ4v) is 2.55. The van der Waals surface area contributed by atoms with Crippen molar-refractivity contribution in [3.05, 3.63) is 47.4 Å². The fourth-order valence-electron chi connectivity index (χ4n) is 2.55. The zero-order valence-corrected chi connectivity index (χ0v) is 15.6. The van der Waals surface area contributed by atoms with Crippen LogP contribution >= 0.6 is 0 Å². The molecule has 2 atom stereocenters. The van der Waals surface area contributed by atoms with Gasteiger partial charge in [-0.3, -0.25) is 4.79 Å². The maximum atomic E-state index is 12.4. The zero-order valence-electron chi connectivity index (χ0n) is 15.6. The number of ether oxygens (including phenoxy) is 1. The smallest absolute Gasteiger partial charge is 0.422 e. The van der Waals surface area contributed by atoms with Crippen LogP contribution in [0, 0.1) is 0 Å². The normalized spacial score (nSPS) is 18.3. The minimum absolute atomic E-state index is 0.165. The number of likely N-dealkylation sites (N-methyl/N-ethyl adjacent to an activating group) is 1. The summed E-state index contributed by atoms with van der Waals surface area (Å²) in [5.74, 6) is 0.378. The standard InChI is InChI=1S/C18H23F3N4O2/c1-11-7-14(8-15(22-3)25(11)4)12(2)24-17(26)13-5-6-16(23-9-13)27-10-18(19,20)21/h5-9,11-12,22H,10H2,1-4H3,(H,24,26). The van der Waals surface area contributed by atoms with Crippen molar-refractivity contribution in [2.24, 2.45) is 0 Å². The van der Waals surface area contributed by atoms with Gasteiger partial charge in [-0.05, 0) is 31.6 Å². The number of carbonyl (C=O) groups excluding carboxylic acids is 1. The van der Waals surface area contributed by atoms with Crippen LogP contribution in [-0.2, 0) is 0 Å². The second kappa shape index (κ2) is 8.32. The average molecular weight is 384 g/mol. The molecule has 0 radical (unpaired) electrons. The number of nitrogens with one attached hydrogen (secondary N) is 2. The highest BCUT2D eigenvalue weighted by atomic mass is 19.4. The van der Waals surface area contributed by atoms with Crippen molar-refractivity contribution in [2.45, 2.75) is 32.1 Å². The molecule has 1 aromatic heterocycles. The molecule has 1 amide bonds. The third-order valence-electron chi connectivity index (χ3n) is 4.21. The van der Waals surface area contributed by atoms with Gasteiger partial charge >= 0.3 is 6.18 Å². The molecular formula is C18H23F3N4O2. The highest BCUT2D eigenvalue weighted by Crippen LogP contribution is 2.20. The number of alkyl halides is 3. The van der Waals surface area contributed by atoms with E-state index >= 15 is 0 Å². The molecule has 2 N–H and O–H groups in total. The number of rotatable bonds is 6. The summed E-state index contributed by atoms with van der Waals surface area (Å²) >= 11 is 0. The highest BCUT2D eigenvalue weighted by Gasteiger charge is 2.28. The summed E-state index contributed by atoms with van der Waals surface area (Å²) in [7, 11) is 3.80. The van der Waals surface area contributed by atoms with Crippen molar-refractivity contribution in [2.75, 3.05) is 20.7 Å². The third-order valence-corrected chi connectivity index (χ3v) is 4.21. The Balaban J connectivity index is 2.00. The van der Waals surface area contributed by atoms with E-state index in [9.17, 15) is 18.0 Å². The van der Waals surface area contributed by atoms with E-state index in [1.807, 2.05) is 34.0 Å². The van der Waals surface area contributed by atoms with E-state index < -0.39 is 12.8 Å². The lowest BCUT2D eigenvalue weighted by Gasteiger charge is -2.33. The molecule has 2 unspecified atom stereocenters. The van der Waals surface area contributed by atoms with Crippen LogP contribution < -0.4 is 15.4 Å². The molecule has 1 aliphatic heterocycles. The first-order valence-corrected chi connectivity index (χ1v) is 8.41. The molecule has 0 saturated carbocycles. The van der Waals surface area contributed by atoms with Crippen molar-refractivity contribution in [3.63, 3.8) is 0 Å². The van der Waals surface area contributed by atoms with Gasteiger partial charge in [-0.1, -0.05) is 6.08 Å². The molecular weight excluding hydrogens is 361 g/mol. The van der Waals surface area contributed by atoms with Crippen LogP contribution in [0.3, 0.4) is 0 Å². The Kier molecular flexibility index (Phi) is 6.35. The molecule has 27 heavy (non-hydrogen) atoms. The Labute approximate surface area is 156 Å². The maximum Gasteiger partial charge on any atom is 0.422 e. The summed E-state index contributed by atoms with van der Waals surface area (Å²) in [6.07, 6.45) is 0.759. The van der Waals surface area contributed by atoms with E-state index in [0.717, 1.165) is 11.4 Å². The SMILES string of the molecule is CNC1=CC(C(C)NC(=O)c2ccc(OCC(F)(F)F)nc2)=CC(C)N1C. The second-order valence-electron chi connectivity index (χ2n) is 6.28. The summed E-state index contributed by atoms with van der Waals surface area (Å²) in [6, 6.07) is 2.53. The van der Waals surface area contributed by atoms with Crippen molar-refractivity contribution < 1.29 is 22.7 Å². The molecule has 0 saturated heterocycles. The number of carbonyl (C=O) groups is 1. The quantitative estimate of drug-likeness (QED) is 0.789. The topological polar surface area (TPSA) is 66.5 Å². The molecule has 0 bridgehead atoms. The number of amides is 1. The van der Waals surface area contributed by atoms with Crippen molar-refractivity contribution in [1.29, 1.82) is 0 Å². The zero-order chi connectivity index (χ0) is 20.2. The summed E-state index contributed by atoms with van der Waals surface area (Å²) in [6.45, 7) is 2.48. The van der Waals surface area contributed by atoms with Crippen molar-refractivity contribution in [3.8, 4) is 5.88 Å². The molecule has 1 aromatic rings. The largest absolute Gasteiger partial charge is 0.468 e. The van der Waals surface area contributed by atoms with Crippen LogP contribution in [0.5, 0.6) is 5.88 Å². The number of halogens is 3. The fraction of sp³-hybridized carbons (Fsp3) is 0.444. The summed E-state index contributed by atoms with van der Waals surface area (Å²) in [5.41, 5.74) is 1.19. The first kappa shape index (κ1) is 20.6. The summed E-state index contributed by atoms with van der Waals surface area (Å²) in [4.78, 5) is 18.2. The van der Waals surface area contributed by atoms with Crippen LogP contribution in [0.15, 0.2) is 41.9 Å². The van der Waals surface area contributed by atoms with Gasteiger partial charge in [-0.15, -0.1) is 0 Å². The molecule has 1 aliphatic rings. The Morgan fingerprint density at radius 1 is 1.41 bits per heavy atom. The number of nitrogens with zero attached hydrogens (tertiary/aromatic N) is 2. The van der Waals surface area contributed by atoms with E-state index in [2.05, 4.69) is 31.3 Å². The van der Waals surface area contributed by atoms with Gasteiger partial charge in [0.2, 0.25) is 5.88 Å². The van der Waals surface area contributed by atoms with E-state index in [4.69, 9.17) is 0 Å². The van der Waals surface area contributed by atoms with Crippen LogP contribution in [0.25, 0.3) is 0 Å². The molecule has 0 fully saturated rings. The Morgan fingerprint density at radius 2 is 2.11 bits per heavy atom. The lowest BCUT2D eigenvalue weighted by molar-refractivity contribution is -0.154. The minimum atomic E-state index is -4.44. The number of aromatic nitrogens is 1. The van der Waals surface area contributed by atoms with Gasteiger partial charge in [0.15, 0.2) is 6.61 Å². The van der Waals surface area contributed by atoms with Gasteiger partial charge in [0.1, 0.15) is 5.82 Å². The minimum Gasteiger partial charge on any atom is -0.468 e. The predicted octanol–water partition coefficient (Wildman–Crippen LogP) is 2.46. The van der Waals surface area contributed by atoms with Crippen molar-refractivity contribution >= 4 is 5.91 Å². The summed E-state index contributed by atoms with van der Waals surface area (Å²) in [5, 5.41) is 5.97. The molecule has 9 heteroatoms. The number of pyridine rings is 1. The summed E-state index contributed by atoms with van der Waals surface area (Å²) < 4.78 is 41.0. The van der Waals surface area contributed by atoms with Crippen LogP contribution in [0.4, 0.5) is 13.2 Å². The van der Waals surface area contributed by atoms with Gasteiger partial charge in [-0.2, -0.15) is 13.2 Å². The molecule has 0 spiro atoms. The molecule has 2 rings (SSSR count). The molecule has 6 nitrogen and oxygen atoms in total. The van der Waals surface area contributed by atoms with E-state index in [1.54, 1.807) is 0 Å². The Bertz CT molecular complexity index is 729. The molecule has 2 heterocycles. The van der Waals surface area contributed by atoms with Gasteiger partial charge < -0.3 is 20.3 Å². The maximum absolute atomic E-state index is 12.4. The van der Waals surface area contributed by atoms with Crippen LogP contribution in [0.2, 0.25) is 0 Å². The van der Waals surface area contributed by atoms with Crippen LogP contribution in [-0.4, -0.2) is 54.8 Å². The lowest BCUT2D eigenvalue weighted by atomic mass is 10.0. The second-order valence-corrected chi connectivity index (χ2v) is 6.28. The number of hydrogen-bond donors (Lipinski definition) is 2. The Morgan fingerprint density at radius 3 is 2.67 bits per heavy atom. The Hall–Kier alpha value is -2.71. The van der Waals surface area contributed by atoms with Gasteiger partial charge in [0.25, 0.3) is 5.91 Å². The highest BCUT2D eigenvalue weighted by molar-refractivity contribution is 5.94. The van der Waals surface area contributed by atoms with Gasteiger partial charge in [-0.25, -0.2) is 4.98 Å². The monoisotopic (exact) mass is 384 g/mol. The average Bonchev–Trinajstić information content (AvgIpc) is 2.61. The molecule has 148 valence electrons. The van der Waals surface area contributed by atoms with Crippen molar-refractivity contribution in [1.82, 2.24) is 20.5 Å². The van der Waals surface area contributed by atoms with Gasteiger partial charge in [0.05, 0.1) is 11.6 Å². The van der Waals surface area contributed by atoms with E-state index in [1.165, 1.54) is 18.3 Å². The first-order valence-electron chi connectivity index (χ1n) is 8.41. The molecule has 0 aromatic carbocycles. The lowest BCUT2D eigenvalue weighted by Crippen LogP contribution is -2.39. The van der Waals surface area contributed by atoms with Gasteiger partial charge in [0, 0.05) is 32.4 Å². The predicted molar refractivity (Wildman–Crippen MR) is 95.2 cm³/mol. The van der Waals surface area contributed by atoms with Crippen LogP contribution in [0.1, 0.15) is 24.2 Å². The number of hydrogen-bond acceptors (Lipinski definition) is 5. The first-order chi connectivity index (χ1) is 12.6. The van der Waals surface area contributed by atoms with E-state index in [-0.39, 0.29) is 29.4 Å². The molecule has 0 aliphatic carbocycles. The van der Waals surface area contributed by atoms with E-state index in [0.29, 0.717) is 0 Å².